The van der Waals surface area contributed by atoms with E-state index in [0.29, 0.717) is 0 Å². The molecular weight excluding hydrogens is 184 g/mol. The number of hydrogen-bond acceptors (Lipinski definition) is 2. The van der Waals surface area contributed by atoms with Crippen LogP contribution in [0.2, 0.25) is 0 Å². The van der Waals surface area contributed by atoms with E-state index in [1.165, 1.54) is 58.3 Å². The van der Waals surface area contributed by atoms with Crippen molar-refractivity contribution >= 4 is 0 Å². The second kappa shape index (κ2) is 5.66. The average Bonchev–Trinajstić information content (AvgIpc) is 2.71. The molecule has 15 heavy (non-hydrogen) atoms. The smallest absolute Gasteiger partial charge is 0.0190 e. The molecule has 1 N–H and O–H groups in total. The third-order valence-electron chi connectivity index (χ3n) is 3.63. The van der Waals surface area contributed by atoms with E-state index in [-0.39, 0.29) is 0 Å². The molecule has 1 aliphatic carbocycles. The fourth-order valence-corrected chi connectivity index (χ4v) is 2.74. The Bertz CT molecular complexity index is 217. The van der Waals surface area contributed by atoms with Gasteiger partial charge in [0, 0.05) is 32.2 Å². The van der Waals surface area contributed by atoms with Crippen LogP contribution >= 0.6 is 0 Å². The predicted molar refractivity (Wildman–Crippen MR) is 65.1 cm³/mol. The zero-order valence-corrected chi connectivity index (χ0v) is 9.97. The van der Waals surface area contributed by atoms with Crippen molar-refractivity contribution < 1.29 is 0 Å². The van der Waals surface area contributed by atoms with E-state index >= 15 is 0 Å². The maximum atomic E-state index is 3.68. The Balaban J connectivity index is 1.59. The van der Waals surface area contributed by atoms with Crippen LogP contribution < -0.4 is 5.32 Å². The van der Waals surface area contributed by atoms with Crippen LogP contribution in [0, 0.1) is 0 Å². The summed E-state index contributed by atoms with van der Waals surface area (Å²) in [5.41, 5.74) is 1.54. The summed E-state index contributed by atoms with van der Waals surface area (Å²) >= 11 is 0. The van der Waals surface area contributed by atoms with Gasteiger partial charge in [0.25, 0.3) is 0 Å². The standard InChI is InChI=1S/C13H24N2/c1-12-5-4-9-15(11-12)10-8-14-13-6-2-3-7-13/h5,13-14H,2-4,6-11H2,1H3. The van der Waals surface area contributed by atoms with Gasteiger partial charge in [0.1, 0.15) is 0 Å². The second-order valence-corrected chi connectivity index (χ2v) is 5.05. The molecule has 0 bridgehead atoms. The minimum atomic E-state index is 0.825. The maximum Gasteiger partial charge on any atom is 0.0190 e. The largest absolute Gasteiger partial charge is 0.313 e. The Labute approximate surface area is 93.7 Å². The van der Waals surface area contributed by atoms with Crippen LogP contribution in [0.5, 0.6) is 0 Å². The monoisotopic (exact) mass is 208 g/mol. The molecule has 0 aromatic rings. The van der Waals surface area contributed by atoms with Crippen molar-refractivity contribution in [1.29, 1.82) is 0 Å². The molecule has 2 nitrogen and oxygen atoms in total. The van der Waals surface area contributed by atoms with Crippen molar-refractivity contribution in [2.45, 2.75) is 45.1 Å². The van der Waals surface area contributed by atoms with E-state index in [1.54, 1.807) is 5.57 Å². The molecule has 0 spiro atoms. The Morgan fingerprint density at radius 2 is 2.20 bits per heavy atom. The predicted octanol–water partition coefficient (Wildman–Crippen LogP) is 2.17. The summed E-state index contributed by atoms with van der Waals surface area (Å²) in [6.07, 6.45) is 9.29. The molecule has 1 saturated carbocycles. The molecule has 2 heteroatoms. The minimum absolute atomic E-state index is 0.825. The van der Waals surface area contributed by atoms with E-state index in [1.807, 2.05) is 0 Å². The Morgan fingerprint density at radius 3 is 2.93 bits per heavy atom. The van der Waals surface area contributed by atoms with Gasteiger partial charge in [-0.2, -0.15) is 0 Å². The molecule has 0 radical (unpaired) electrons. The highest BCUT2D eigenvalue weighted by molar-refractivity contribution is 5.04. The first-order valence-corrected chi connectivity index (χ1v) is 6.46. The highest BCUT2D eigenvalue weighted by atomic mass is 15.1. The summed E-state index contributed by atoms with van der Waals surface area (Å²) in [6, 6.07) is 0.825. The van der Waals surface area contributed by atoms with Crippen molar-refractivity contribution in [3.05, 3.63) is 11.6 Å². The van der Waals surface area contributed by atoms with Crippen LogP contribution in [-0.4, -0.2) is 37.1 Å². The fraction of sp³-hybridized carbons (Fsp3) is 0.846. The molecule has 0 saturated heterocycles. The quantitative estimate of drug-likeness (QED) is 0.712. The fourth-order valence-electron chi connectivity index (χ4n) is 2.74. The lowest BCUT2D eigenvalue weighted by Crippen LogP contribution is -2.38. The van der Waals surface area contributed by atoms with Gasteiger partial charge in [0.2, 0.25) is 0 Å². The van der Waals surface area contributed by atoms with Gasteiger partial charge in [-0.05, 0) is 26.2 Å². The normalized spacial score (nSPS) is 24.5. The molecule has 0 atom stereocenters. The lowest BCUT2D eigenvalue weighted by molar-refractivity contribution is 0.284. The SMILES string of the molecule is CC1=CCCN(CCNC2CCCC2)C1. The second-order valence-electron chi connectivity index (χ2n) is 5.05. The molecule has 1 fully saturated rings. The molecule has 1 heterocycles. The van der Waals surface area contributed by atoms with E-state index in [2.05, 4.69) is 23.2 Å². The Hall–Kier alpha value is -0.340. The van der Waals surface area contributed by atoms with Crippen LogP contribution in [-0.2, 0) is 0 Å². The summed E-state index contributed by atoms with van der Waals surface area (Å²) in [4.78, 5) is 2.57. The summed E-state index contributed by atoms with van der Waals surface area (Å²) in [6.45, 7) is 7.09. The van der Waals surface area contributed by atoms with Crippen LogP contribution in [0.25, 0.3) is 0 Å². The van der Waals surface area contributed by atoms with Gasteiger partial charge in [0.05, 0.1) is 0 Å². The first-order chi connectivity index (χ1) is 7.34. The van der Waals surface area contributed by atoms with Crippen LogP contribution in [0.4, 0.5) is 0 Å². The van der Waals surface area contributed by atoms with Crippen molar-refractivity contribution in [2.24, 2.45) is 0 Å². The van der Waals surface area contributed by atoms with E-state index < -0.39 is 0 Å². The molecule has 2 aliphatic rings. The molecule has 0 aromatic carbocycles. The summed E-state index contributed by atoms with van der Waals surface area (Å²) in [5.74, 6) is 0. The third kappa shape index (κ3) is 3.62. The van der Waals surface area contributed by atoms with Crippen LogP contribution in [0.3, 0.4) is 0 Å². The zero-order chi connectivity index (χ0) is 10.5. The summed E-state index contributed by atoms with van der Waals surface area (Å²) in [7, 11) is 0. The number of rotatable bonds is 4. The topological polar surface area (TPSA) is 15.3 Å². The molecule has 0 amide bonds. The molecule has 0 unspecified atom stereocenters. The summed E-state index contributed by atoms with van der Waals surface area (Å²) < 4.78 is 0. The van der Waals surface area contributed by atoms with E-state index in [0.717, 1.165) is 6.04 Å². The molecular formula is C13H24N2. The highest BCUT2D eigenvalue weighted by Gasteiger charge is 2.14. The van der Waals surface area contributed by atoms with Gasteiger partial charge in [-0.25, -0.2) is 0 Å². The van der Waals surface area contributed by atoms with Gasteiger partial charge in [-0.1, -0.05) is 24.5 Å². The number of nitrogens with one attached hydrogen (secondary N) is 1. The third-order valence-corrected chi connectivity index (χ3v) is 3.63. The van der Waals surface area contributed by atoms with Crippen molar-refractivity contribution in [3.8, 4) is 0 Å². The van der Waals surface area contributed by atoms with E-state index in [4.69, 9.17) is 0 Å². The number of hydrogen-bond donors (Lipinski definition) is 1. The molecule has 86 valence electrons. The van der Waals surface area contributed by atoms with E-state index in [9.17, 15) is 0 Å². The molecule has 1 aliphatic heterocycles. The maximum absolute atomic E-state index is 3.68. The van der Waals surface area contributed by atoms with Gasteiger partial charge in [0.15, 0.2) is 0 Å². The highest BCUT2D eigenvalue weighted by Crippen LogP contribution is 2.17. The van der Waals surface area contributed by atoms with Gasteiger partial charge in [-0.15, -0.1) is 0 Å². The Kier molecular flexibility index (Phi) is 4.21. The van der Waals surface area contributed by atoms with Crippen LogP contribution in [0.1, 0.15) is 39.0 Å². The first kappa shape index (κ1) is 11.2. The zero-order valence-electron chi connectivity index (χ0n) is 9.97. The lowest BCUT2D eigenvalue weighted by atomic mass is 10.1. The van der Waals surface area contributed by atoms with Crippen LogP contribution in [0.15, 0.2) is 11.6 Å². The van der Waals surface area contributed by atoms with Crippen molar-refractivity contribution in [2.75, 3.05) is 26.2 Å². The Morgan fingerprint density at radius 1 is 1.40 bits per heavy atom. The van der Waals surface area contributed by atoms with Gasteiger partial charge < -0.3 is 5.32 Å². The number of nitrogens with zero attached hydrogens (tertiary/aromatic N) is 1. The van der Waals surface area contributed by atoms with Crippen molar-refractivity contribution in [3.63, 3.8) is 0 Å². The van der Waals surface area contributed by atoms with Gasteiger partial charge in [-0.3, -0.25) is 4.90 Å². The van der Waals surface area contributed by atoms with Gasteiger partial charge >= 0.3 is 0 Å². The molecule has 0 aromatic heterocycles. The average molecular weight is 208 g/mol. The van der Waals surface area contributed by atoms with Crippen molar-refractivity contribution in [1.82, 2.24) is 10.2 Å². The minimum Gasteiger partial charge on any atom is -0.313 e. The molecule has 2 rings (SSSR count). The first-order valence-electron chi connectivity index (χ1n) is 6.46. The summed E-state index contributed by atoms with van der Waals surface area (Å²) in [5, 5.41) is 3.68. The lowest BCUT2D eigenvalue weighted by Gasteiger charge is -2.26.